The number of alkyl halides is 3. The van der Waals surface area contributed by atoms with Crippen LogP contribution in [0.4, 0.5) is 13.2 Å². The predicted octanol–water partition coefficient (Wildman–Crippen LogP) is 2.77. The van der Waals surface area contributed by atoms with Gasteiger partial charge in [-0.2, -0.15) is 13.2 Å². The molecule has 2 rings (SSSR count). The molecule has 2 aromatic rings. The number of aliphatic hydroxyl groups excluding tert-OH is 1. The lowest BCUT2D eigenvalue weighted by Crippen LogP contribution is -2.20. The van der Waals surface area contributed by atoms with E-state index in [0.29, 0.717) is 16.7 Å². The Balaban J connectivity index is 2.44. The summed E-state index contributed by atoms with van der Waals surface area (Å²) in [4.78, 5) is 2.53. The first-order valence-electron chi connectivity index (χ1n) is 4.83. The zero-order chi connectivity index (χ0) is 12.6. The first-order chi connectivity index (χ1) is 7.91. The van der Waals surface area contributed by atoms with Crippen LogP contribution in [-0.4, -0.2) is 23.4 Å². The molecule has 1 heterocycles. The van der Waals surface area contributed by atoms with Crippen molar-refractivity contribution in [3.63, 3.8) is 0 Å². The number of ether oxygens (including phenoxy) is 1. The van der Waals surface area contributed by atoms with Gasteiger partial charge in [0, 0.05) is 17.0 Å². The molecule has 0 aliphatic heterocycles. The fourth-order valence-corrected chi connectivity index (χ4v) is 1.58. The summed E-state index contributed by atoms with van der Waals surface area (Å²) in [5, 5.41) is 9.68. The van der Waals surface area contributed by atoms with Crippen LogP contribution in [-0.2, 0) is 0 Å². The lowest BCUT2D eigenvalue weighted by molar-refractivity contribution is -0.207. The van der Waals surface area contributed by atoms with Crippen LogP contribution in [0.25, 0.3) is 10.9 Å². The third-order valence-electron chi connectivity index (χ3n) is 2.46. The van der Waals surface area contributed by atoms with E-state index in [2.05, 4.69) is 4.98 Å². The van der Waals surface area contributed by atoms with Crippen molar-refractivity contribution in [3.8, 4) is 5.75 Å². The van der Waals surface area contributed by atoms with Gasteiger partial charge in [0.25, 0.3) is 0 Å². The van der Waals surface area contributed by atoms with Crippen molar-refractivity contribution in [2.45, 2.75) is 12.3 Å². The molecule has 0 saturated heterocycles. The van der Waals surface area contributed by atoms with E-state index in [-0.39, 0.29) is 5.69 Å². The number of H-pyrrole nitrogens is 1. The molecule has 3 nitrogen and oxygen atoms in total. The Hall–Kier alpha value is -1.69. The second kappa shape index (κ2) is 3.96. The van der Waals surface area contributed by atoms with Gasteiger partial charge in [-0.25, -0.2) is 0 Å². The molecule has 0 saturated carbocycles. The molecule has 0 fully saturated rings. The molecule has 1 aromatic heterocycles. The minimum Gasteiger partial charge on any atom is -0.497 e. The number of nitrogens with one attached hydrogen (secondary N) is 1. The Morgan fingerprint density at radius 3 is 2.59 bits per heavy atom. The molecule has 6 heteroatoms. The summed E-state index contributed by atoms with van der Waals surface area (Å²) >= 11 is 0. The predicted molar refractivity (Wildman–Crippen MR) is 55.9 cm³/mol. The summed E-state index contributed by atoms with van der Waals surface area (Å²) in [5.74, 6) is 0.535. The van der Waals surface area contributed by atoms with Crippen LogP contribution in [0.1, 0.15) is 11.8 Å². The normalized spacial score (nSPS) is 13.9. The van der Waals surface area contributed by atoms with Crippen molar-refractivity contribution in [1.82, 2.24) is 4.98 Å². The van der Waals surface area contributed by atoms with Gasteiger partial charge >= 0.3 is 6.18 Å². The van der Waals surface area contributed by atoms with Crippen LogP contribution in [0.5, 0.6) is 5.75 Å². The highest BCUT2D eigenvalue weighted by Gasteiger charge is 2.40. The summed E-state index contributed by atoms with van der Waals surface area (Å²) in [6.45, 7) is 0. The van der Waals surface area contributed by atoms with Gasteiger partial charge in [-0.3, -0.25) is 0 Å². The Morgan fingerprint density at radius 1 is 1.29 bits per heavy atom. The first kappa shape index (κ1) is 11.8. The van der Waals surface area contributed by atoms with Gasteiger partial charge in [0.05, 0.1) is 12.8 Å². The van der Waals surface area contributed by atoms with E-state index in [1.807, 2.05) is 0 Å². The van der Waals surface area contributed by atoms with Gasteiger partial charge in [-0.15, -0.1) is 0 Å². The summed E-state index contributed by atoms with van der Waals surface area (Å²) in [5.41, 5.74) is 0.211. The molecule has 0 unspecified atom stereocenters. The third-order valence-corrected chi connectivity index (χ3v) is 2.46. The number of benzene rings is 1. The smallest absolute Gasteiger partial charge is 0.420 e. The van der Waals surface area contributed by atoms with E-state index in [0.717, 1.165) is 0 Å². The molecule has 0 aliphatic rings. The maximum absolute atomic E-state index is 12.3. The zero-order valence-electron chi connectivity index (χ0n) is 8.88. The number of aliphatic hydroxyl groups is 1. The summed E-state index contributed by atoms with van der Waals surface area (Å²) < 4.78 is 41.9. The Kier molecular flexibility index (Phi) is 2.74. The average Bonchev–Trinajstić information content (AvgIpc) is 2.68. The highest BCUT2D eigenvalue weighted by Crippen LogP contribution is 2.33. The maximum atomic E-state index is 12.3. The molecule has 0 aliphatic carbocycles. The van der Waals surface area contributed by atoms with Gasteiger partial charge in [-0.1, -0.05) is 0 Å². The number of hydrogen-bond acceptors (Lipinski definition) is 2. The number of halogens is 3. The Labute approximate surface area is 94.8 Å². The molecule has 17 heavy (non-hydrogen) atoms. The van der Waals surface area contributed by atoms with Gasteiger partial charge in [0.2, 0.25) is 0 Å². The molecule has 0 bridgehead atoms. The highest BCUT2D eigenvalue weighted by molar-refractivity contribution is 5.82. The first-order valence-corrected chi connectivity index (χ1v) is 4.83. The molecule has 1 atom stereocenters. The number of rotatable bonds is 2. The summed E-state index contributed by atoms with van der Waals surface area (Å²) in [7, 11) is 1.47. The van der Waals surface area contributed by atoms with Crippen molar-refractivity contribution in [1.29, 1.82) is 0 Å². The molecule has 0 spiro atoms. The number of hydrogen-bond donors (Lipinski definition) is 2. The summed E-state index contributed by atoms with van der Waals surface area (Å²) in [6, 6.07) is 6.10. The van der Waals surface area contributed by atoms with Crippen LogP contribution in [0, 0.1) is 0 Å². The fraction of sp³-hybridized carbons (Fsp3) is 0.273. The lowest BCUT2D eigenvalue weighted by atomic mass is 10.2. The van der Waals surface area contributed by atoms with Crippen molar-refractivity contribution in [3.05, 3.63) is 30.0 Å². The largest absolute Gasteiger partial charge is 0.497 e. The lowest BCUT2D eigenvalue weighted by Gasteiger charge is -2.12. The molecular weight excluding hydrogens is 235 g/mol. The van der Waals surface area contributed by atoms with Crippen LogP contribution < -0.4 is 4.74 Å². The van der Waals surface area contributed by atoms with Gasteiger partial charge in [0.15, 0.2) is 6.10 Å². The van der Waals surface area contributed by atoms with Gasteiger partial charge in [0.1, 0.15) is 5.75 Å². The van der Waals surface area contributed by atoms with E-state index in [9.17, 15) is 13.2 Å². The van der Waals surface area contributed by atoms with Crippen molar-refractivity contribution in [2.75, 3.05) is 7.11 Å². The number of aromatic nitrogens is 1. The van der Waals surface area contributed by atoms with Crippen LogP contribution in [0.3, 0.4) is 0 Å². The number of methoxy groups -OCH3 is 1. The quantitative estimate of drug-likeness (QED) is 0.854. The minimum absolute atomic E-state index is 0.277. The molecule has 0 radical (unpaired) electrons. The topological polar surface area (TPSA) is 45.2 Å². The standard InChI is InChI=1S/C11H10F3NO2/c1-17-7-3-2-6-4-9(15-8(6)5-7)10(16)11(12,13)14/h2-5,10,15-16H,1H3/t10-/m1/s1. The van der Waals surface area contributed by atoms with E-state index in [4.69, 9.17) is 9.84 Å². The molecular formula is C11H10F3NO2. The minimum atomic E-state index is -4.68. The van der Waals surface area contributed by atoms with Gasteiger partial charge in [-0.05, 0) is 18.2 Å². The summed E-state index contributed by atoms with van der Waals surface area (Å²) in [6.07, 6.45) is -7.17. The monoisotopic (exact) mass is 245 g/mol. The second-order valence-corrected chi connectivity index (χ2v) is 3.62. The molecule has 0 amide bonds. The zero-order valence-corrected chi connectivity index (χ0v) is 8.88. The molecule has 1 aromatic carbocycles. The van der Waals surface area contributed by atoms with E-state index in [1.54, 1.807) is 18.2 Å². The fourth-order valence-electron chi connectivity index (χ4n) is 1.58. The van der Waals surface area contributed by atoms with Crippen molar-refractivity contribution in [2.24, 2.45) is 0 Å². The maximum Gasteiger partial charge on any atom is 0.420 e. The molecule has 2 N–H and O–H groups in total. The van der Waals surface area contributed by atoms with E-state index < -0.39 is 12.3 Å². The van der Waals surface area contributed by atoms with E-state index >= 15 is 0 Å². The van der Waals surface area contributed by atoms with Crippen LogP contribution in [0.15, 0.2) is 24.3 Å². The van der Waals surface area contributed by atoms with E-state index in [1.165, 1.54) is 13.2 Å². The highest BCUT2D eigenvalue weighted by atomic mass is 19.4. The van der Waals surface area contributed by atoms with Crippen molar-refractivity contribution < 1.29 is 23.0 Å². The van der Waals surface area contributed by atoms with Gasteiger partial charge < -0.3 is 14.8 Å². The van der Waals surface area contributed by atoms with Crippen molar-refractivity contribution >= 4 is 10.9 Å². The third kappa shape index (κ3) is 2.21. The molecule has 92 valence electrons. The number of aromatic amines is 1. The van der Waals surface area contributed by atoms with Crippen LogP contribution in [0.2, 0.25) is 0 Å². The SMILES string of the molecule is COc1ccc2cc([C@@H](O)C(F)(F)F)[nH]c2c1. The average molecular weight is 245 g/mol. The number of fused-ring (bicyclic) bond motifs is 1. The Morgan fingerprint density at radius 2 is 2.00 bits per heavy atom. The second-order valence-electron chi connectivity index (χ2n) is 3.62. The Bertz CT molecular complexity index is 533. The van der Waals surface area contributed by atoms with Crippen LogP contribution >= 0.6 is 0 Å².